The number of fused-ring (bicyclic) bond motifs is 1. The van der Waals surface area contributed by atoms with Crippen molar-refractivity contribution in [2.24, 2.45) is 5.10 Å². The summed E-state index contributed by atoms with van der Waals surface area (Å²) >= 11 is 0. The van der Waals surface area contributed by atoms with Gasteiger partial charge in [0, 0.05) is 11.1 Å². The first-order chi connectivity index (χ1) is 14.7. The van der Waals surface area contributed by atoms with Gasteiger partial charge >= 0.3 is 0 Å². The predicted octanol–water partition coefficient (Wildman–Crippen LogP) is 4.74. The highest BCUT2D eigenvalue weighted by molar-refractivity contribution is 6.05. The molecule has 0 unspecified atom stereocenters. The molecule has 0 radical (unpaired) electrons. The molecule has 0 atom stereocenters. The Balaban J connectivity index is 1.32. The molecule has 1 N–H and O–H groups in total. The molecule has 1 amide bonds. The summed E-state index contributed by atoms with van der Waals surface area (Å²) in [5, 5.41) is 4.34. The number of hydrazone groups is 1. The number of hydrogen-bond acceptors (Lipinski definition) is 4. The third-order valence-corrected chi connectivity index (χ3v) is 5.01. The standard InChI is InChI=1S/C25H24N2O3/c1-2-29-21-12-14-22(15-13-21)30-17-18-7-9-20(10-8-18)25(28)27-26-24-16-11-19-5-3-4-6-23(19)24/h3-10,12-15H,2,11,16-17H2,1H3,(H,27,28)/b26-24+. The predicted molar refractivity (Wildman–Crippen MR) is 117 cm³/mol. The van der Waals surface area contributed by atoms with E-state index < -0.39 is 0 Å². The molecule has 5 heteroatoms. The molecule has 0 saturated carbocycles. The average molecular weight is 400 g/mol. The van der Waals surface area contributed by atoms with Crippen molar-refractivity contribution in [1.29, 1.82) is 0 Å². The van der Waals surface area contributed by atoms with Gasteiger partial charge < -0.3 is 9.47 Å². The second-order valence-corrected chi connectivity index (χ2v) is 7.05. The van der Waals surface area contributed by atoms with Gasteiger partial charge in [-0.2, -0.15) is 5.10 Å². The van der Waals surface area contributed by atoms with Crippen LogP contribution in [-0.2, 0) is 13.0 Å². The van der Waals surface area contributed by atoms with Gasteiger partial charge in [-0.05, 0) is 67.3 Å². The van der Waals surface area contributed by atoms with E-state index >= 15 is 0 Å². The fraction of sp³-hybridized carbons (Fsp3) is 0.200. The summed E-state index contributed by atoms with van der Waals surface area (Å²) in [7, 11) is 0. The third-order valence-electron chi connectivity index (χ3n) is 5.01. The van der Waals surface area contributed by atoms with E-state index in [1.807, 2.05) is 61.5 Å². The highest BCUT2D eigenvalue weighted by atomic mass is 16.5. The molecule has 1 aliphatic rings. The molecule has 4 rings (SSSR count). The minimum atomic E-state index is -0.217. The van der Waals surface area contributed by atoms with Gasteiger partial charge in [0.05, 0.1) is 12.3 Å². The lowest BCUT2D eigenvalue weighted by Crippen LogP contribution is -2.19. The lowest BCUT2D eigenvalue weighted by Gasteiger charge is -2.08. The van der Waals surface area contributed by atoms with Gasteiger partial charge in [-0.3, -0.25) is 4.79 Å². The molecule has 0 bridgehead atoms. The van der Waals surface area contributed by atoms with E-state index in [1.54, 1.807) is 12.1 Å². The summed E-state index contributed by atoms with van der Waals surface area (Å²) in [6, 6.07) is 23.1. The van der Waals surface area contributed by atoms with Crippen LogP contribution in [0.1, 0.15) is 40.4 Å². The van der Waals surface area contributed by atoms with Gasteiger partial charge in [0.1, 0.15) is 18.1 Å². The Kier molecular flexibility index (Phi) is 6.09. The van der Waals surface area contributed by atoms with Crippen molar-refractivity contribution in [1.82, 2.24) is 5.43 Å². The fourth-order valence-corrected chi connectivity index (χ4v) is 3.42. The Morgan fingerprint density at radius 3 is 2.33 bits per heavy atom. The summed E-state index contributed by atoms with van der Waals surface area (Å²) < 4.78 is 11.2. The highest BCUT2D eigenvalue weighted by Crippen LogP contribution is 2.22. The zero-order valence-corrected chi connectivity index (χ0v) is 16.9. The second kappa shape index (κ2) is 9.27. The van der Waals surface area contributed by atoms with E-state index in [-0.39, 0.29) is 5.91 Å². The number of ether oxygens (including phenoxy) is 2. The van der Waals surface area contributed by atoms with Crippen LogP contribution in [0.15, 0.2) is 77.9 Å². The number of aryl methyl sites for hydroxylation is 1. The summed E-state index contributed by atoms with van der Waals surface area (Å²) in [5.74, 6) is 1.38. The summed E-state index contributed by atoms with van der Waals surface area (Å²) in [6.45, 7) is 3.02. The Morgan fingerprint density at radius 1 is 0.900 bits per heavy atom. The van der Waals surface area contributed by atoms with Gasteiger partial charge in [-0.1, -0.05) is 36.4 Å². The number of nitrogens with one attached hydrogen (secondary N) is 1. The molecule has 0 heterocycles. The zero-order chi connectivity index (χ0) is 20.8. The van der Waals surface area contributed by atoms with E-state index in [1.165, 1.54) is 5.56 Å². The Bertz CT molecular complexity index is 1040. The van der Waals surface area contributed by atoms with Crippen molar-refractivity contribution in [2.45, 2.75) is 26.4 Å². The SMILES string of the molecule is CCOc1ccc(OCc2ccc(C(=O)N/N=C3\CCc4ccccc43)cc2)cc1. The van der Waals surface area contributed by atoms with Gasteiger partial charge in [0.15, 0.2) is 0 Å². The lowest BCUT2D eigenvalue weighted by atomic mass is 10.1. The summed E-state index contributed by atoms with van der Waals surface area (Å²) in [4.78, 5) is 12.4. The highest BCUT2D eigenvalue weighted by Gasteiger charge is 2.17. The molecule has 0 aromatic heterocycles. The molecule has 5 nitrogen and oxygen atoms in total. The summed E-state index contributed by atoms with van der Waals surface area (Å²) in [5.41, 5.74) is 7.56. The van der Waals surface area contributed by atoms with Gasteiger partial charge in [-0.15, -0.1) is 0 Å². The molecule has 3 aromatic carbocycles. The molecular formula is C25H24N2O3. The van der Waals surface area contributed by atoms with Crippen molar-refractivity contribution in [2.75, 3.05) is 6.61 Å². The van der Waals surface area contributed by atoms with E-state index in [0.717, 1.165) is 41.2 Å². The monoisotopic (exact) mass is 400 g/mol. The van der Waals surface area contributed by atoms with Crippen LogP contribution in [0.2, 0.25) is 0 Å². The van der Waals surface area contributed by atoms with Crippen LogP contribution in [0.5, 0.6) is 11.5 Å². The second-order valence-electron chi connectivity index (χ2n) is 7.05. The maximum atomic E-state index is 12.4. The molecule has 3 aromatic rings. The first-order valence-corrected chi connectivity index (χ1v) is 10.1. The van der Waals surface area contributed by atoms with Crippen molar-refractivity contribution in [3.05, 3.63) is 95.1 Å². The van der Waals surface area contributed by atoms with Gasteiger partial charge in [0.2, 0.25) is 0 Å². The summed E-state index contributed by atoms with van der Waals surface area (Å²) in [6.07, 6.45) is 1.81. The van der Waals surface area contributed by atoms with Gasteiger partial charge in [0.25, 0.3) is 5.91 Å². The van der Waals surface area contributed by atoms with Crippen LogP contribution in [0.25, 0.3) is 0 Å². The minimum absolute atomic E-state index is 0.217. The number of rotatable bonds is 7. The first kappa shape index (κ1) is 19.7. The van der Waals surface area contributed by atoms with Crippen LogP contribution in [-0.4, -0.2) is 18.2 Å². The molecule has 152 valence electrons. The van der Waals surface area contributed by atoms with E-state index in [4.69, 9.17) is 9.47 Å². The van der Waals surface area contributed by atoms with Crippen LogP contribution in [0.3, 0.4) is 0 Å². The number of amides is 1. The number of benzene rings is 3. The fourth-order valence-electron chi connectivity index (χ4n) is 3.42. The van der Waals surface area contributed by atoms with Crippen LogP contribution in [0, 0.1) is 0 Å². The molecule has 0 aliphatic heterocycles. The Labute approximate surface area is 176 Å². The molecule has 1 aliphatic carbocycles. The molecular weight excluding hydrogens is 376 g/mol. The van der Waals surface area contributed by atoms with E-state index in [9.17, 15) is 4.79 Å². The van der Waals surface area contributed by atoms with Crippen molar-refractivity contribution >= 4 is 11.6 Å². The Morgan fingerprint density at radius 2 is 1.60 bits per heavy atom. The molecule has 0 fully saturated rings. The molecule has 0 spiro atoms. The van der Waals surface area contributed by atoms with Crippen molar-refractivity contribution in [3.8, 4) is 11.5 Å². The third kappa shape index (κ3) is 4.69. The number of hydrogen-bond donors (Lipinski definition) is 1. The first-order valence-electron chi connectivity index (χ1n) is 10.1. The van der Waals surface area contributed by atoms with E-state index in [0.29, 0.717) is 18.8 Å². The van der Waals surface area contributed by atoms with Crippen molar-refractivity contribution in [3.63, 3.8) is 0 Å². The van der Waals surface area contributed by atoms with Crippen LogP contribution >= 0.6 is 0 Å². The molecule has 0 saturated heterocycles. The lowest BCUT2D eigenvalue weighted by molar-refractivity contribution is 0.0954. The van der Waals surface area contributed by atoms with Crippen LogP contribution < -0.4 is 14.9 Å². The number of carbonyl (C=O) groups is 1. The largest absolute Gasteiger partial charge is 0.494 e. The van der Waals surface area contributed by atoms with Crippen molar-refractivity contribution < 1.29 is 14.3 Å². The maximum Gasteiger partial charge on any atom is 0.271 e. The number of nitrogens with zero attached hydrogens (tertiary/aromatic N) is 1. The maximum absolute atomic E-state index is 12.4. The molecule has 30 heavy (non-hydrogen) atoms. The normalized spacial score (nSPS) is 13.7. The van der Waals surface area contributed by atoms with E-state index in [2.05, 4.69) is 16.6 Å². The number of carbonyl (C=O) groups excluding carboxylic acids is 1. The quantitative estimate of drug-likeness (QED) is 0.583. The Hall–Kier alpha value is -3.60. The zero-order valence-electron chi connectivity index (χ0n) is 16.9. The van der Waals surface area contributed by atoms with Crippen LogP contribution in [0.4, 0.5) is 0 Å². The smallest absolute Gasteiger partial charge is 0.271 e. The topological polar surface area (TPSA) is 59.9 Å². The average Bonchev–Trinajstić information content (AvgIpc) is 3.21. The van der Waals surface area contributed by atoms with Gasteiger partial charge in [-0.25, -0.2) is 5.43 Å². The minimum Gasteiger partial charge on any atom is -0.494 e.